The van der Waals surface area contributed by atoms with Crippen LogP contribution in [0.4, 0.5) is 0 Å². The van der Waals surface area contributed by atoms with Gasteiger partial charge in [-0.1, -0.05) is 0 Å². The van der Waals surface area contributed by atoms with Crippen LogP contribution in [0, 0.1) is 5.21 Å². The summed E-state index contributed by atoms with van der Waals surface area (Å²) in [5.41, 5.74) is -0.875. The molecule has 112 valence electrons. The van der Waals surface area contributed by atoms with E-state index in [0.29, 0.717) is 12.8 Å². The Labute approximate surface area is 128 Å². The Hall–Kier alpha value is -0.690. The van der Waals surface area contributed by atoms with Gasteiger partial charge in [0.15, 0.2) is 0 Å². The van der Waals surface area contributed by atoms with E-state index in [1.807, 2.05) is 27.7 Å². The second-order valence-corrected chi connectivity index (χ2v) is 7.08. The smallest absolute Gasteiger partial charge is 0.322 e. The lowest BCUT2D eigenvalue weighted by Crippen LogP contribution is -3.23. The zero-order valence-electron chi connectivity index (χ0n) is 11.9. The van der Waals surface area contributed by atoms with Gasteiger partial charge in [-0.15, -0.1) is 0 Å². The van der Waals surface area contributed by atoms with Crippen LogP contribution >= 0.6 is 23.2 Å². The largest absolute Gasteiger partial charge is 0.634 e. The van der Waals surface area contributed by atoms with Gasteiger partial charge >= 0.3 is 6.01 Å². The van der Waals surface area contributed by atoms with Gasteiger partial charge in [-0.2, -0.15) is 15.0 Å². The minimum Gasteiger partial charge on any atom is -0.634 e. The highest BCUT2D eigenvalue weighted by molar-refractivity contribution is 6.31. The summed E-state index contributed by atoms with van der Waals surface area (Å²) in [5, 5.41) is 12.6. The van der Waals surface area contributed by atoms with Crippen LogP contribution in [0.15, 0.2) is 0 Å². The monoisotopic (exact) mass is 320 g/mol. The molecule has 0 aromatic carbocycles. The molecule has 0 aliphatic carbocycles. The topological polar surface area (TPSA) is 75.4 Å². The molecule has 0 amide bonds. The molecule has 1 aromatic rings. The third-order valence-electron chi connectivity index (χ3n) is 3.54. The number of halogens is 2. The predicted molar refractivity (Wildman–Crippen MR) is 76.0 cm³/mol. The van der Waals surface area contributed by atoms with Crippen LogP contribution in [0.5, 0.6) is 6.01 Å². The van der Waals surface area contributed by atoms with Crippen molar-refractivity contribution in [2.24, 2.45) is 0 Å². The van der Waals surface area contributed by atoms with Crippen molar-refractivity contribution in [1.82, 2.24) is 15.0 Å². The van der Waals surface area contributed by atoms with Gasteiger partial charge in [0.25, 0.3) is 0 Å². The number of nitrogens with one attached hydrogen (secondary N) is 1. The van der Waals surface area contributed by atoms with E-state index >= 15 is 0 Å². The Morgan fingerprint density at radius 3 is 1.95 bits per heavy atom. The molecule has 0 radical (unpaired) electrons. The normalized spacial score (nSPS) is 28.1. The second kappa shape index (κ2) is 5.26. The number of ether oxygens (including phenoxy) is 1. The molecule has 1 aliphatic heterocycles. The van der Waals surface area contributed by atoms with Crippen molar-refractivity contribution in [3.63, 3.8) is 0 Å². The van der Waals surface area contributed by atoms with E-state index in [-0.39, 0.29) is 27.7 Å². The lowest BCUT2D eigenvalue weighted by Gasteiger charge is -2.54. The second-order valence-electron chi connectivity index (χ2n) is 6.40. The van der Waals surface area contributed by atoms with Crippen LogP contribution in [0.25, 0.3) is 0 Å². The molecule has 2 rings (SSSR count). The first-order valence-corrected chi connectivity index (χ1v) is 7.14. The van der Waals surface area contributed by atoms with Crippen molar-refractivity contribution in [3.05, 3.63) is 15.8 Å². The summed E-state index contributed by atoms with van der Waals surface area (Å²) in [4.78, 5) is 11.5. The number of hydrogen-bond acceptors (Lipinski definition) is 5. The van der Waals surface area contributed by atoms with E-state index in [1.54, 1.807) is 0 Å². The number of aromatic nitrogens is 3. The van der Waals surface area contributed by atoms with Crippen LogP contribution < -0.4 is 9.80 Å². The van der Waals surface area contributed by atoms with E-state index in [0.717, 1.165) is 0 Å². The number of rotatable bonds is 2. The van der Waals surface area contributed by atoms with Gasteiger partial charge in [0.2, 0.25) is 10.6 Å². The first-order chi connectivity index (χ1) is 9.10. The SMILES string of the molecule is CC1(C)CC(Oc2nc(Cl)nc(Cl)n2)CC(C)(C)[NH+]1[O-]. The van der Waals surface area contributed by atoms with Crippen molar-refractivity contribution in [2.75, 3.05) is 0 Å². The average Bonchev–Trinajstić information content (AvgIpc) is 2.23. The molecular formula is C12H18Cl2N4O2. The number of hydroxylamine groups is 2. The van der Waals surface area contributed by atoms with E-state index in [1.165, 1.54) is 0 Å². The zero-order chi connectivity index (χ0) is 15.1. The molecule has 1 fully saturated rings. The highest BCUT2D eigenvalue weighted by atomic mass is 35.5. The summed E-state index contributed by atoms with van der Waals surface area (Å²) in [6, 6.07) is 0.0981. The third-order valence-corrected chi connectivity index (χ3v) is 3.88. The molecule has 6 nitrogen and oxygen atoms in total. The molecule has 1 saturated heterocycles. The maximum absolute atomic E-state index is 12.3. The van der Waals surface area contributed by atoms with E-state index in [4.69, 9.17) is 27.9 Å². The average molecular weight is 321 g/mol. The van der Waals surface area contributed by atoms with E-state index < -0.39 is 11.1 Å². The van der Waals surface area contributed by atoms with Crippen LogP contribution in [-0.4, -0.2) is 32.1 Å². The molecular weight excluding hydrogens is 303 g/mol. The fourth-order valence-corrected chi connectivity index (χ4v) is 3.25. The van der Waals surface area contributed by atoms with Crippen LogP contribution in [0.1, 0.15) is 40.5 Å². The Kier molecular flexibility index (Phi) is 4.12. The number of piperidine rings is 1. The van der Waals surface area contributed by atoms with Gasteiger partial charge in [0.05, 0.1) is 11.1 Å². The van der Waals surface area contributed by atoms with Gasteiger partial charge in [-0.3, -0.25) is 0 Å². The first kappa shape index (κ1) is 15.7. The van der Waals surface area contributed by atoms with Crippen LogP contribution in [-0.2, 0) is 0 Å². The predicted octanol–water partition coefficient (Wildman–Crippen LogP) is 1.66. The number of quaternary nitrogens is 1. The van der Waals surface area contributed by atoms with Crippen molar-refractivity contribution < 1.29 is 9.80 Å². The lowest BCUT2D eigenvalue weighted by molar-refractivity contribution is -0.956. The minimum absolute atomic E-state index is 0.00888. The van der Waals surface area contributed by atoms with Crippen molar-refractivity contribution in [2.45, 2.75) is 57.7 Å². The van der Waals surface area contributed by atoms with Gasteiger partial charge < -0.3 is 15.0 Å². The summed E-state index contributed by atoms with van der Waals surface area (Å²) in [6.45, 7) is 7.72. The molecule has 8 heteroatoms. The molecule has 0 saturated carbocycles. The molecule has 20 heavy (non-hydrogen) atoms. The fourth-order valence-electron chi connectivity index (χ4n) is 2.91. The number of hydrogen-bond donors (Lipinski definition) is 1. The Morgan fingerprint density at radius 1 is 1.05 bits per heavy atom. The molecule has 1 aromatic heterocycles. The third kappa shape index (κ3) is 3.31. The summed E-state index contributed by atoms with van der Waals surface area (Å²) >= 11 is 11.4. The van der Waals surface area contributed by atoms with E-state index in [9.17, 15) is 5.21 Å². The molecule has 1 aliphatic rings. The summed E-state index contributed by atoms with van der Waals surface area (Å²) in [5.74, 6) is 0. The summed E-state index contributed by atoms with van der Waals surface area (Å²) < 4.78 is 5.75. The molecule has 0 spiro atoms. The van der Waals surface area contributed by atoms with Crippen molar-refractivity contribution in [1.29, 1.82) is 0 Å². The summed E-state index contributed by atoms with van der Waals surface area (Å²) in [6.07, 6.45) is 1.05. The Balaban J connectivity index is 2.18. The van der Waals surface area contributed by atoms with Gasteiger partial charge in [0.1, 0.15) is 6.10 Å². The molecule has 0 bridgehead atoms. The molecule has 0 unspecified atom stereocenters. The quantitative estimate of drug-likeness (QED) is 0.839. The maximum atomic E-state index is 12.3. The number of nitrogens with zero attached hydrogens (tertiary/aromatic N) is 3. The minimum atomic E-state index is -0.437. The fraction of sp³-hybridized carbons (Fsp3) is 0.750. The standard InChI is InChI=1S/C12H18Cl2N4O2/c1-11(2)5-7(6-12(3,4)18(11)19)20-10-16-8(13)15-9(14)17-10/h7,18H,5-6H2,1-4H3. The van der Waals surface area contributed by atoms with Crippen molar-refractivity contribution >= 4 is 23.2 Å². The van der Waals surface area contributed by atoms with Crippen LogP contribution in [0.2, 0.25) is 10.6 Å². The zero-order valence-corrected chi connectivity index (χ0v) is 13.4. The van der Waals surface area contributed by atoms with Gasteiger partial charge in [-0.25, -0.2) is 0 Å². The lowest BCUT2D eigenvalue weighted by atomic mass is 9.80. The first-order valence-electron chi connectivity index (χ1n) is 6.39. The highest BCUT2D eigenvalue weighted by Gasteiger charge is 2.46. The molecule has 1 N–H and O–H groups in total. The van der Waals surface area contributed by atoms with Crippen molar-refractivity contribution in [3.8, 4) is 6.01 Å². The Morgan fingerprint density at radius 2 is 1.50 bits per heavy atom. The van der Waals surface area contributed by atoms with Gasteiger partial charge in [-0.05, 0) is 50.9 Å². The maximum Gasteiger partial charge on any atom is 0.322 e. The summed E-state index contributed by atoms with van der Waals surface area (Å²) in [7, 11) is 0. The van der Waals surface area contributed by atoms with Gasteiger partial charge in [0, 0.05) is 12.8 Å². The van der Waals surface area contributed by atoms with E-state index in [2.05, 4.69) is 15.0 Å². The molecule has 2 heterocycles. The highest BCUT2D eigenvalue weighted by Crippen LogP contribution is 2.26. The van der Waals surface area contributed by atoms with Crippen LogP contribution in [0.3, 0.4) is 0 Å². The Bertz CT molecular complexity index is 472. The molecule has 0 atom stereocenters.